The van der Waals surface area contributed by atoms with Gasteiger partial charge in [-0.25, -0.2) is 9.18 Å². The molecule has 0 bridgehead atoms. The zero-order chi connectivity index (χ0) is 30.7. The fourth-order valence-corrected chi connectivity index (χ4v) is 5.09. The van der Waals surface area contributed by atoms with Crippen LogP contribution in [-0.4, -0.2) is 75.4 Å². The molecule has 0 spiro atoms. The number of anilines is 1. The van der Waals surface area contributed by atoms with Gasteiger partial charge in [0.2, 0.25) is 6.29 Å². The predicted molar refractivity (Wildman–Crippen MR) is 152 cm³/mol. The first-order valence-electron chi connectivity index (χ1n) is 13.4. The van der Waals surface area contributed by atoms with Crippen LogP contribution in [0.1, 0.15) is 43.0 Å². The summed E-state index contributed by atoms with van der Waals surface area (Å²) in [4.78, 5) is 25.2. The minimum atomic E-state index is -1.84. The van der Waals surface area contributed by atoms with Crippen LogP contribution in [0.2, 0.25) is 0 Å². The van der Waals surface area contributed by atoms with Gasteiger partial charge in [0, 0.05) is 40.7 Å². The number of nitrogens with two attached hydrogens (primary N) is 1. The van der Waals surface area contributed by atoms with Gasteiger partial charge in [0.25, 0.3) is 0 Å². The number of carbonyl (C=O) groups excluding carboxylic acids is 2. The lowest BCUT2D eigenvalue weighted by atomic mass is 9.98. The molecule has 0 radical (unpaired) electrons. The first kappa shape index (κ1) is 30.8. The number of aromatic nitrogens is 1. The molecule has 11 nitrogen and oxygen atoms in total. The Morgan fingerprint density at radius 1 is 1.17 bits per heavy atom. The highest BCUT2D eigenvalue weighted by Gasteiger charge is 2.49. The van der Waals surface area contributed by atoms with Crippen molar-refractivity contribution in [1.82, 2.24) is 4.57 Å². The molecule has 0 unspecified atom stereocenters. The fraction of sp³-hybridized carbons (Fsp3) is 0.367. The highest BCUT2D eigenvalue weighted by Crippen LogP contribution is 2.37. The van der Waals surface area contributed by atoms with Crippen LogP contribution < -0.4 is 5.73 Å². The summed E-state index contributed by atoms with van der Waals surface area (Å²) in [5.41, 5.74) is 10.1. The normalized spacial score (nSPS) is 22.2. The largest absolute Gasteiger partial charge is 0.459 e. The molecule has 0 saturated carbocycles. The Balaban J connectivity index is 1.63. The van der Waals surface area contributed by atoms with E-state index in [9.17, 15) is 29.3 Å². The first-order chi connectivity index (χ1) is 20.0. The number of aryl methyl sites for hydroxylation is 1. The molecule has 1 aliphatic heterocycles. The van der Waals surface area contributed by atoms with E-state index in [4.69, 9.17) is 25.4 Å². The lowest BCUT2D eigenvalue weighted by molar-refractivity contribution is -0.287. The molecule has 0 aliphatic carbocycles. The van der Waals surface area contributed by atoms with Crippen molar-refractivity contribution >= 4 is 34.7 Å². The van der Waals surface area contributed by atoms with Gasteiger partial charge in [-0.2, -0.15) is 0 Å². The highest BCUT2D eigenvalue weighted by molar-refractivity contribution is 5.98. The molecule has 5 atom stereocenters. The molecule has 6 N–H and O–H groups in total. The second-order valence-electron chi connectivity index (χ2n) is 10.3. The number of aliphatic hydroxyl groups excluding tert-OH is 3. The Morgan fingerprint density at radius 3 is 2.48 bits per heavy atom. The average Bonchev–Trinajstić information content (AvgIpc) is 3.28. The third-order valence-electron chi connectivity index (χ3n) is 7.08. The SMILES string of the molecule is C=CCOC(=O)[C@H]1O[C@@H](OC(=O)CCc2c(C(C)C)n(-c3ccc(F)cc3)c3cc(C=N)c(N)cc23)[C@H](O)[C@@H](O)[C@@H]1O. The summed E-state index contributed by atoms with van der Waals surface area (Å²) in [5.74, 6) is -2.27. The summed E-state index contributed by atoms with van der Waals surface area (Å²) in [6, 6.07) is 9.46. The van der Waals surface area contributed by atoms with E-state index in [-0.39, 0.29) is 25.4 Å². The molecule has 42 heavy (non-hydrogen) atoms. The Kier molecular flexibility index (Phi) is 9.42. The summed E-state index contributed by atoms with van der Waals surface area (Å²) >= 11 is 0. The van der Waals surface area contributed by atoms with Gasteiger partial charge < -0.3 is 45.2 Å². The number of esters is 2. The van der Waals surface area contributed by atoms with E-state index >= 15 is 0 Å². The van der Waals surface area contributed by atoms with Crippen LogP contribution in [0.5, 0.6) is 0 Å². The molecule has 3 aromatic rings. The van der Waals surface area contributed by atoms with Gasteiger partial charge in [0.15, 0.2) is 6.10 Å². The number of hydrogen-bond acceptors (Lipinski definition) is 10. The molecule has 0 amide bonds. The van der Waals surface area contributed by atoms with E-state index in [0.717, 1.165) is 22.9 Å². The molecular formula is C30H34FN3O8. The Bertz CT molecular complexity index is 1490. The number of nitrogens with zero attached hydrogens (tertiary/aromatic N) is 1. The maximum absolute atomic E-state index is 13.8. The fourth-order valence-electron chi connectivity index (χ4n) is 5.09. The second-order valence-corrected chi connectivity index (χ2v) is 10.3. The molecule has 1 saturated heterocycles. The Hall–Kier alpha value is -4.10. The molecule has 2 aromatic carbocycles. The number of fused-ring (bicyclic) bond motifs is 1. The maximum Gasteiger partial charge on any atom is 0.338 e. The molecule has 224 valence electrons. The molecule has 1 fully saturated rings. The van der Waals surface area contributed by atoms with Crippen molar-refractivity contribution in [3.05, 3.63) is 71.7 Å². The molecule has 12 heteroatoms. The van der Waals surface area contributed by atoms with Crippen molar-refractivity contribution in [3.63, 3.8) is 0 Å². The van der Waals surface area contributed by atoms with Gasteiger partial charge in [-0.05, 0) is 54.3 Å². The Morgan fingerprint density at radius 2 is 1.86 bits per heavy atom. The highest BCUT2D eigenvalue weighted by atomic mass is 19.1. The zero-order valence-corrected chi connectivity index (χ0v) is 23.2. The Labute approximate surface area is 241 Å². The van der Waals surface area contributed by atoms with Crippen molar-refractivity contribution in [2.75, 3.05) is 12.3 Å². The van der Waals surface area contributed by atoms with Crippen LogP contribution in [0, 0.1) is 11.2 Å². The standard InChI is InChI=1S/C30H34FN3O8/c1-4-11-40-29(39)28-26(37)25(36)27(38)30(42-28)41-23(35)10-9-19-20-13-21(33)16(14-32)12-22(20)34(24(19)15(2)3)18-7-5-17(31)6-8-18/h4-8,12-15,25-28,30,32,36-38H,1,9-11,33H2,2-3H3/t25-,26-,27+,28-,30+/m0/s1. The molecule has 2 heterocycles. The van der Waals surface area contributed by atoms with Gasteiger partial charge in [-0.1, -0.05) is 26.5 Å². The monoisotopic (exact) mass is 583 g/mol. The van der Waals surface area contributed by atoms with Crippen molar-refractivity contribution < 1.29 is 43.5 Å². The van der Waals surface area contributed by atoms with E-state index in [1.54, 1.807) is 24.3 Å². The smallest absolute Gasteiger partial charge is 0.338 e. The van der Waals surface area contributed by atoms with E-state index < -0.39 is 48.5 Å². The number of hydrogen-bond donors (Lipinski definition) is 5. The lowest BCUT2D eigenvalue weighted by Gasteiger charge is -2.38. The van der Waals surface area contributed by atoms with Crippen molar-refractivity contribution in [2.24, 2.45) is 0 Å². The van der Waals surface area contributed by atoms with Gasteiger partial charge in [-0.3, -0.25) is 4.79 Å². The quantitative estimate of drug-likeness (QED) is 0.104. The summed E-state index contributed by atoms with van der Waals surface area (Å²) in [7, 11) is 0. The van der Waals surface area contributed by atoms with Crippen LogP contribution in [0.15, 0.2) is 49.1 Å². The molecule has 4 rings (SSSR count). The van der Waals surface area contributed by atoms with Crippen molar-refractivity contribution in [3.8, 4) is 5.69 Å². The topological polar surface area (TPSA) is 177 Å². The van der Waals surface area contributed by atoms with Crippen LogP contribution in [-0.2, 0) is 30.2 Å². The predicted octanol–water partition coefficient (Wildman–Crippen LogP) is 2.49. The molecule has 1 aromatic heterocycles. The van der Waals surface area contributed by atoms with Gasteiger partial charge in [0.1, 0.15) is 30.7 Å². The van der Waals surface area contributed by atoms with E-state index in [1.165, 1.54) is 18.2 Å². The number of aliphatic hydroxyl groups is 3. The zero-order valence-electron chi connectivity index (χ0n) is 23.2. The third-order valence-corrected chi connectivity index (χ3v) is 7.08. The average molecular weight is 584 g/mol. The summed E-state index contributed by atoms with van der Waals surface area (Å²) in [5, 5.41) is 39.3. The van der Waals surface area contributed by atoms with Crippen molar-refractivity contribution in [1.29, 1.82) is 5.41 Å². The van der Waals surface area contributed by atoms with Gasteiger partial charge >= 0.3 is 11.9 Å². The number of nitrogen functional groups attached to an aromatic ring is 1. The third kappa shape index (κ3) is 6.07. The van der Waals surface area contributed by atoms with E-state index in [0.29, 0.717) is 22.5 Å². The number of benzene rings is 2. The minimum Gasteiger partial charge on any atom is -0.459 e. The maximum atomic E-state index is 13.8. The molecule has 1 aliphatic rings. The van der Waals surface area contributed by atoms with E-state index in [1.807, 2.05) is 18.4 Å². The van der Waals surface area contributed by atoms with Crippen molar-refractivity contribution in [2.45, 2.75) is 63.3 Å². The van der Waals surface area contributed by atoms with Crippen LogP contribution in [0.4, 0.5) is 10.1 Å². The number of halogens is 1. The van der Waals surface area contributed by atoms with E-state index in [2.05, 4.69) is 6.58 Å². The second kappa shape index (κ2) is 12.8. The number of nitrogens with one attached hydrogen (secondary N) is 1. The van der Waals surface area contributed by atoms with Gasteiger partial charge in [0.05, 0.1) is 5.52 Å². The first-order valence-corrected chi connectivity index (χ1v) is 13.4. The lowest BCUT2D eigenvalue weighted by Crippen LogP contribution is -2.60. The number of rotatable bonds is 10. The number of ether oxygens (including phenoxy) is 3. The summed E-state index contributed by atoms with van der Waals surface area (Å²) < 4.78 is 31.2. The summed E-state index contributed by atoms with van der Waals surface area (Å²) in [6.45, 7) is 7.19. The van der Waals surface area contributed by atoms with Gasteiger partial charge in [-0.15, -0.1) is 0 Å². The number of carbonyl (C=O) groups is 2. The summed E-state index contributed by atoms with van der Waals surface area (Å²) in [6.07, 6.45) is -6.50. The van der Waals surface area contributed by atoms with Crippen LogP contribution >= 0.6 is 0 Å². The van der Waals surface area contributed by atoms with Crippen LogP contribution in [0.3, 0.4) is 0 Å². The minimum absolute atomic E-state index is 0.0550. The molecular weight excluding hydrogens is 549 g/mol. The van der Waals surface area contributed by atoms with Crippen LogP contribution in [0.25, 0.3) is 16.6 Å².